The van der Waals surface area contributed by atoms with E-state index >= 15 is 0 Å². The highest BCUT2D eigenvalue weighted by Crippen LogP contribution is 2.17. The minimum atomic E-state index is -0.198. The third kappa shape index (κ3) is 6.26. The van der Waals surface area contributed by atoms with Crippen LogP contribution in [0.25, 0.3) is 0 Å². The molecule has 0 aliphatic carbocycles. The molecular weight excluding hydrogens is 446 g/mol. The number of halogens is 2. The molecule has 0 aliphatic rings. The van der Waals surface area contributed by atoms with Crippen molar-refractivity contribution in [1.29, 1.82) is 0 Å². The minimum Gasteiger partial charge on any atom is -0.359 e. The number of rotatable bonds is 6. The monoisotopic (exact) mass is 474 g/mol. The van der Waals surface area contributed by atoms with Crippen LogP contribution in [-0.2, 0) is 6.54 Å². The van der Waals surface area contributed by atoms with Crippen LogP contribution >= 0.6 is 24.0 Å². The number of hydrogen-bond donors (Lipinski definition) is 2. The number of hydrogen-bond acceptors (Lipinski definition) is 3. The Morgan fingerprint density at radius 1 is 1.27 bits per heavy atom. The number of nitrogens with zero attached hydrogens (tertiary/aromatic N) is 2. The predicted molar refractivity (Wildman–Crippen MR) is 114 cm³/mol. The highest BCUT2D eigenvalue weighted by Gasteiger charge is 2.11. The van der Waals surface area contributed by atoms with Crippen molar-refractivity contribution in [3.8, 4) is 0 Å². The lowest BCUT2D eigenvalue weighted by Gasteiger charge is -2.18. The van der Waals surface area contributed by atoms with E-state index in [0.717, 1.165) is 23.6 Å². The molecule has 0 bridgehead atoms. The summed E-state index contributed by atoms with van der Waals surface area (Å²) in [6.07, 6.45) is 0. The summed E-state index contributed by atoms with van der Waals surface area (Å²) in [7, 11) is 0. The van der Waals surface area contributed by atoms with Gasteiger partial charge in [0.2, 0.25) is 0 Å². The first-order chi connectivity index (χ1) is 11.9. The third-order valence-corrected chi connectivity index (χ3v) is 3.96. The first-order valence-corrected chi connectivity index (χ1v) is 8.67. The molecule has 0 fully saturated rings. The Bertz CT molecular complexity index is 730. The first-order valence-electron chi connectivity index (χ1n) is 8.67. The Kier molecular flexibility index (Phi) is 9.04. The fourth-order valence-electron chi connectivity index (χ4n) is 2.32. The standard InChI is InChI=1S/C19H27FN4O.HI/c1-6-21-19(22-11-16-10-18(12(2)3)24-25-16)23-14(5)15-8-7-13(4)17(20)9-15;/h7-10,12,14H,6,11H2,1-5H3,(H2,21,22,23);1H. The highest BCUT2D eigenvalue weighted by molar-refractivity contribution is 14.0. The van der Waals surface area contributed by atoms with E-state index in [0.29, 0.717) is 24.0 Å². The van der Waals surface area contributed by atoms with Crippen LogP contribution in [0.15, 0.2) is 33.8 Å². The predicted octanol–water partition coefficient (Wildman–Crippen LogP) is 4.68. The van der Waals surface area contributed by atoms with Gasteiger partial charge in [0.1, 0.15) is 12.4 Å². The summed E-state index contributed by atoms with van der Waals surface area (Å²) in [5.41, 5.74) is 2.44. The second-order valence-electron chi connectivity index (χ2n) is 6.44. The molecule has 0 saturated carbocycles. The van der Waals surface area contributed by atoms with Gasteiger partial charge in [0.05, 0.1) is 11.7 Å². The summed E-state index contributed by atoms with van der Waals surface area (Å²) in [6.45, 7) is 11.0. The second kappa shape index (κ2) is 10.5. The first kappa shape index (κ1) is 22.4. The Balaban J connectivity index is 0.00000338. The Labute approximate surface area is 171 Å². The number of aryl methyl sites for hydroxylation is 1. The van der Waals surface area contributed by atoms with Gasteiger partial charge < -0.3 is 15.2 Å². The number of benzene rings is 1. The molecule has 0 spiro atoms. The Morgan fingerprint density at radius 3 is 2.58 bits per heavy atom. The normalized spacial score (nSPS) is 12.7. The lowest BCUT2D eigenvalue weighted by molar-refractivity contribution is 0.376. The SMILES string of the molecule is CCNC(=NCc1cc(C(C)C)no1)NC(C)c1ccc(C)c(F)c1.I. The molecule has 2 rings (SSSR count). The van der Waals surface area contributed by atoms with Crippen LogP contribution in [0.4, 0.5) is 4.39 Å². The molecule has 1 aromatic heterocycles. The van der Waals surface area contributed by atoms with E-state index in [1.165, 1.54) is 0 Å². The van der Waals surface area contributed by atoms with Gasteiger partial charge in [-0.15, -0.1) is 24.0 Å². The summed E-state index contributed by atoms with van der Waals surface area (Å²) in [4.78, 5) is 4.53. The molecule has 2 aromatic rings. The van der Waals surface area contributed by atoms with Gasteiger partial charge in [0.15, 0.2) is 11.7 Å². The van der Waals surface area contributed by atoms with Crippen LogP contribution in [-0.4, -0.2) is 17.7 Å². The van der Waals surface area contributed by atoms with Crippen LogP contribution in [0.2, 0.25) is 0 Å². The fraction of sp³-hybridized carbons (Fsp3) is 0.474. The van der Waals surface area contributed by atoms with Crippen LogP contribution < -0.4 is 10.6 Å². The summed E-state index contributed by atoms with van der Waals surface area (Å²) in [5.74, 6) is 1.49. The van der Waals surface area contributed by atoms with E-state index in [2.05, 4.69) is 34.6 Å². The molecule has 0 aliphatic heterocycles. The molecule has 5 nitrogen and oxygen atoms in total. The van der Waals surface area contributed by atoms with Crippen molar-refractivity contribution in [3.05, 3.63) is 52.7 Å². The van der Waals surface area contributed by atoms with Crippen molar-refractivity contribution in [2.24, 2.45) is 4.99 Å². The summed E-state index contributed by atoms with van der Waals surface area (Å²) >= 11 is 0. The topological polar surface area (TPSA) is 62.5 Å². The lowest BCUT2D eigenvalue weighted by Crippen LogP contribution is -2.38. The van der Waals surface area contributed by atoms with Crippen molar-refractivity contribution in [2.45, 2.75) is 53.1 Å². The van der Waals surface area contributed by atoms with Gasteiger partial charge >= 0.3 is 0 Å². The Morgan fingerprint density at radius 2 is 2.00 bits per heavy atom. The molecule has 26 heavy (non-hydrogen) atoms. The van der Waals surface area contributed by atoms with Gasteiger partial charge in [0.25, 0.3) is 0 Å². The van der Waals surface area contributed by atoms with E-state index in [1.807, 2.05) is 26.0 Å². The minimum absolute atomic E-state index is 0. The van der Waals surface area contributed by atoms with Crippen molar-refractivity contribution in [2.75, 3.05) is 6.54 Å². The van der Waals surface area contributed by atoms with Gasteiger partial charge in [-0.2, -0.15) is 0 Å². The highest BCUT2D eigenvalue weighted by atomic mass is 127. The zero-order chi connectivity index (χ0) is 18.4. The average molecular weight is 474 g/mol. The number of aromatic nitrogens is 1. The average Bonchev–Trinajstić information content (AvgIpc) is 3.04. The quantitative estimate of drug-likeness (QED) is 0.363. The smallest absolute Gasteiger partial charge is 0.192 e. The van der Waals surface area contributed by atoms with Crippen molar-refractivity contribution >= 4 is 29.9 Å². The molecule has 7 heteroatoms. The number of nitrogens with one attached hydrogen (secondary N) is 2. The fourth-order valence-corrected chi connectivity index (χ4v) is 2.32. The van der Waals surface area contributed by atoms with Gasteiger partial charge in [-0.3, -0.25) is 0 Å². The van der Waals surface area contributed by atoms with Crippen molar-refractivity contribution < 1.29 is 8.91 Å². The summed E-state index contributed by atoms with van der Waals surface area (Å²) < 4.78 is 19.1. The van der Waals surface area contributed by atoms with Crippen LogP contribution in [0.3, 0.4) is 0 Å². The molecule has 1 aromatic carbocycles. The molecule has 0 saturated heterocycles. The molecular formula is C19H28FIN4O. The van der Waals surface area contributed by atoms with Gasteiger partial charge in [0, 0.05) is 12.6 Å². The molecule has 144 valence electrons. The largest absolute Gasteiger partial charge is 0.359 e. The van der Waals surface area contributed by atoms with Gasteiger partial charge in [-0.1, -0.05) is 31.1 Å². The van der Waals surface area contributed by atoms with Crippen LogP contribution in [0.5, 0.6) is 0 Å². The van der Waals surface area contributed by atoms with Crippen LogP contribution in [0.1, 0.15) is 62.2 Å². The van der Waals surface area contributed by atoms with E-state index < -0.39 is 0 Å². The zero-order valence-electron chi connectivity index (χ0n) is 16.0. The van der Waals surface area contributed by atoms with Crippen LogP contribution in [0, 0.1) is 12.7 Å². The van der Waals surface area contributed by atoms with E-state index in [9.17, 15) is 4.39 Å². The van der Waals surface area contributed by atoms with E-state index in [4.69, 9.17) is 4.52 Å². The van der Waals surface area contributed by atoms with E-state index in [-0.39, 0.29) is 35.8 Å². The summed E-state index contributed by atoms with van der Waals surface area (Å²) in [6, 6.07) is 7.12. The molecule has 1 atom stereocenters. The lowest BCUT2D eigenvalue weighted by atomic mass is 10.1. The molecule has 0 radical (unpaired) electrons. The molecule has 1 heterocycles. The third-order valence-electron chi connectivity index (χ3n) is 3.96. The van der Waals surface area contributed by atoms with Gasteiger partial charge in [-0.25, -0.2) is 9.38 Å². The summed E-state index contributed by atoms with van der Waals surface area (Å²) in [5, 5.41) is 10.5. The van der Waals surface area contributed by atoms with Crippen molar-refractivity contribution in [3.63, 3.8) is 0 Å². The maximum atomic E-state index is 13.8. The number of guanidine groups is 1. The molecule has 1 unspecified atom stereocenters. The Hall–Kier alpha value is -1.64. The maximum absolute atomic E-state index is 13.8. The van der Waals surface area contributed by atoms with E-state index in [1.54, 1.807) is 19.1 Å². The molecule has 2 N–H and O–H groups in total. The number of aliphatic imine (C=N–C) groups is 1. The second-order valence-corrected chi connectivity index (χ2v) is 6.44. The maximum Gasteiger partial charge on any atom is 0.192 e. The molecule has 0 amide bonds. The van der Waals surface area contributed by atoms with Gasteiger partial charge in [-0.05, 0) is 43.9 Å². The zero-order valence-corrected chi connectivity index (χ0v) is 18.3. The van der Waals surface area contributed by atoms with Crippen molar-refractivity contribution in [1.82, 2.24) is 15.8 Å².